The number of aryl methyl sites for hydroxylation is 1. The maximum absolute atomic E-state index is 10.5. The Morgan fingerprint density at radius 2 is 2.00 bits per heavy atom. The molecule has 0 aliphatic carbocycles. The Bertz CT molecular complexity index is 591. The van der Waals surface area contributed by atoms with E-state index < -0.39 is 9.15 Å². The molecular formula is C10H11NaO4S2. The van der Waals surface area contributed by atoms with Crippen LogP contribution in [0.2, 0.25) is 0 Å². The molecule has 0 fully saturated rings. The van der Waals surface area contributed by atoms with Crippen LogP contribution < -0.4 is 0 Å². The van der Waals surface area contributed by atoms with Crippen LogP contribution in [0.15, 0.2) is 34.9 Å². The van der Waals surface area contributed by atoms with Gasteiger partial charge in [0.15, 0.2) is 0 Å². The third-order valence-corrected chi connectivity index (χ3v) is 4.23. The predicted molar refractivity (Wildman–Crippen MR) is 71.1 cm³/mol. The summed E-state index contributed by atoms with van der Waals surface area (Å²) < 4.78 is 34.9. The van der Waals surface area contributed by atoms with E-state index in [0.29, 0.717) is 23.0 Å². The Morgan fingerprint density at radius 3 is 2.71 bits per heavy atom. The molecule has 2 aromatic rings. The number of hydrogen-bond donors (Lipinski definition) is 1. The monoisotopic (exact) mass is 282 g/mol. The first-order chi connectivity index (χ1) is 7.56. The van der Waals surface area contributed by atoms with Gasteiger partial charge in [-0.1, -0.05) is 18.2 Å². The molecule has 7 heteroatoms. The second-order valence-electron chi connectivity index (χ2n) is 3.26. The zero-order valence-corrected chi connectivity index (χ0v) is 9.92. The summed E-state index contributed by atoms with van der Waals surface area (Å²) >= 11 is 0. The molecule has 2 rings (SSSR count). The number of para-hydroxylation sites is 1. The first kappa shape index (κ1) is 15.1. The van der Waals surface area contributed by atoms with Crippen LogP contribution >= 0.6 is 10.8 Å². The predicted octanol–water partition coefficient (Wildman–Crippen LogP) is 1.86. The van der Waals surface area contributed by atoms with Crippen molar-refractivity contribution >= 4 is 60.5 Å². The summed E-state index contributed by atoms with van der Waals surface area (Å²) in [6, 6.07) is 7.56. The van der Waals surface area contributed by atoms with E-state index in [-0.39, 0.29) is 29.6 Å². The quantitative estimate of drug-likeness (QED) is 0.526. The van der Waals surface area contributed by atoms with Gasteiger partial charge in [-0.3, -0.25) is 4.55 Å². The SMILES string of the molecule is O=S(=O)(O)SCCc1coc2ccccc12.[NaH]. The zero-order chi connectivity index (χ0) is 11.6. The van der Waals surface area contributed by atoms with E-state index in [1.165, 1.54) is 0 Å². The van der Waals surface area contributed by atoms with Gasteiger partial charge in [0, 0.05) is 11.1 Å². The normalized spacial score (nSPS) is 11.4. The number of benzene rings is 1. The summed E-state index contributed by atoms with van der Waals surface area (Å²) in [6.07, 6.45) is 2.16. The van der Waals surface area contributed by atoms with Gasteiger partial charge in [0.25, 0.3) is 0 Å². The number of fused-ring (bicyclic) bond motifs is 1. The van der Waals surface area contributed by atoms with Gasteiger partial charge in [0.1, 0.15) is 5.58 Å². The second-order valence-corrected chi connectivity index (χ2v) is 6.73. The van der Waals surface area contributed by atoms with E-state index in [0.717, 1.165) is 16.5 Å². The number of rotatable bonds is 4. The van der Waals surface area contributed by atoms with Crippen LogP contribution in [0, 0.1) is 0 Å². The van der Waals surface area contributed by atoms with Crippen molar-refractivity contribution in [3.63, 3.8) is 0 Å². The molecule has 0 saturated heterocycles. The Kier molecular flexibility index (Phi) is 5.56. The molecule has 0 bridgehead atoms. The molecule has 0 aliphatic rings. The van der Waals surface area contributed by atoms with Gasteiger partial charge < -0.3 is 4.42 Å². The average Bonchev–Trinajstić information content (AvgIpc) is 2.60. The zero-order valence-electron chi connectivity index (χ0n) is 8.29. The Balaban J connectivity index is 0.00000144. The third-order valence-electron chi connectivity index (χ3n) is 2.16. The standard InChI is InChI=1S/C10H10O4S2.Na.H/c11-16(12,13)15-6-5-8-7-14-10-4-2-1-3-9(8)10;;/h1-4,7H,5-6H2,(H,11,12,13);;. The minimum absolute atomic E-state index is 0. The molecule has 0 saturated carbocycles. The average molecular weight is 282 g/mol. The minimum atomic E-state index is -3.94. The molecule has 0 atom stereocenters. The van der Waals surface area contributed by atoms with Gasteiger partial charge in [0.05, 0.1) is 6.26 Å². The van der Waals surface area contributed by atoms with E-state index in [1.807, 2.05) is 24.3 Å². The van der Waals surface area contributed by atoms with E-state index in [9.17, 15) is 8.42 Å². The van der Waals surface area contributed by atoms with Gasteiger partial charge in [-0.15, -0.1) is 0 Å². The molecule has 88 valence electrons. The fraction of sp³-hybridized carbons (Fsp3) is 0.200. The second kappa shape index (κ2) is 6.26. The summed E-state index contributed by atoms with van der Waals surface area (Å²) in [5.74, 6) is 0.308. The molecule has 1 aromatic carbocycles. The first-order valence-electron chi connectivity index (χ1n) is 4.63. The topological polar surface area (TPSA) is 67.5 Å². The number of hydrogen-bond acceptors (Lipinski definition) is 4. The Labute approximate surface area is 125 Å². The molecule has 1 N–H and O–H groups in total. The molecular weight excluding hydrogens is 271 g/mol. The molecule has 0 spiro atoms. The first-order valence-corrected chi connectivity index (χ1v) is 7.57. The molecule has 0 amide bonds. The summed E-state index contributed by atoms with van der Waals surface area (Å²) in [5.41, 5.74) is 1.74. The molecule has 4 nitrogen and oxygen atoms in total. The van der Waals surface area contributed by atoms with E-state index in [2.05, 4.69) is 0 Å². The fourth-order valence-corrected chi connectivity index (χ4v) is 2.88. The molecule has 1 aromatic heterocycles. The van der Waals surface area contributed by atoms with E-state index in [1.54, 1.807) is 6.26 Å². The van der Waals surface area contributed by atoms with Crippen LogP contribution in [-0.2, 0) is 15.6 Å². The maximum atomic E-state index is 10.5. The van der Waals surface area contributed by atoms with Crippen molar-refractivity contribution in [3.8, 4) is 0 Å². The van der Waals surface area contributed by atoms with Crippen LogP contribution in [0.5, 0.6) is 0 Å². The third kappa shape index (κ3) is 4.31. The summed E-state index contributed by atoms with van der Waals surface area (Å²) in [5, 5.41) is 0.985. The van der Waals surface area contributed by atoms with Crippen molar-refractivity contribution in [2.45, 2.75) is 6.42 Å². The van der Waals surface area contributed by atoms with Crippen molar-refractivity contribution in [2.24, 2.45) is 0 Å². The van der Waals surface area contributed by atoms with Crippen LogP contribution in [0.3, 0.4) is 0 Å². The van der Waals surface area contributed by atoms with E-state index >= 15 is 0 Å². The van der Waals surface area contributed by atoms with Crippen LogP contribution in [-0.4, -0.2) is 48.3 Å². The molecule has 0 aliphatic heterocycles. The van der Waals surface area contributed by atoms with Gasteiger partial charge in [0.2, 0.25) is 0 Å². The van der Waals surface area contributed by atoms with Crippen molar-refractivity contribution in [2.75, 3.05) is 5.75 Å². The Hall–Kier alpha value is 0.0200. The van der Waals surface area contributed by atoms with E-state index in [4.69, 9.17) is 8.97 Å². The Morgan fingerprint density at radius 1 is 1.29 bits per heavy atom. The van der Waals surface area contributed by atoms with Crippen LogP contribution in [0.25, 0.3) is 11.0 Å². The number of furan rings is 1. The fourth-order valence-electron chi connectivity index (χ4n) is 1.48. The van der Waals surface area contributed by atoms with Crippen LogP contribution in [0.1, 0.15) is 5.56 Å². The van der Waals surface area contributed by atoms with Crippen molar-refractivity contribution in [3.05, 3.63) is 36.1 Å². The molecule has 1 heterocycles. The molecule has 0 radical (unpaired) electrons. The molecule has 0 unspecified atom stereocenters. The van der Waals surface area contributed by atoms with Crippen molar-refractivity contribution < 1.29 is 17.4 Å². The molecule has 17 heavy (non-hydrogen) atoms. The van der Waals surface area contributed by atoms with Gasteiger partial charge in [-0.2, -0.15) is 8.42 Å². The van der Waals surface area contributed by atoms with Gasteiger partial charge in [-0.05, 0) is 28.8 Å². The van der Waals surface area contributed by atoms with Crippen LogP contribution in [0.4, 0.5) is 0 Å². The summed E-state index contributed by atoms with van der Waals surface area (Å²) in [7, 11) is -3.42. The van der Waals surface area contributed by atoms with Crippen molar-refractivity contribution in [1.29, 1.82) is 0 Å². The van der Waals surface area contributed by atoms with Crippen molar-refractivity contribution in [1.82, 2.24) is 0 Å². The summed E-state index contributed by atoms with van der Waals surface area (Å²) in [6.45, 7) is 0. The van der Waals surface area contributed by atoms with Gasteiger partial charge >= 0.3 is 38.7 Å². The van der Waals surface area contributed by atoms with Gasteiger partial charge in [-0.25, -0.2) is 0 Å². The summed E-state index contributed by atoms with van der Waals surface area (Å²) in [4.78, 5) is 0.